The maximum absolute atomic E-state index is 12.7. The number of guanidine groups is 1. The van der Waals surface area contributed by atoms with Gasteiger partial charge in [0, 0.05) is 20.6 Å². The average Bonchev–Trinajstić information content (AvgIpc) is 2.67. The van der Waals surface area contributed by atoms with Gasteiger partial charge in [0.15, 0.2) is 5.96 Å². The smallest absolute Gasteiger partial charge is 0.352 e. The van der Waals surface area contributed by atoms with Crippen molar-refractivity contribution in [3.05, 3.63) is 71.3 Å². The van der Waals surface area contributed by atoms with Gasteiger partial charge in [0.1, 0.15) is 0 Å². The van der Waals surface area contributed by atoms with Gasteiger partial charge in [-0.05, 0) is 23.3 Å². The highest BCUT2D eigenvalue weighted by atomic mass is 19.4. The molecule has 150 valence electrons. The van der Waals surface area contributed by atoms with Crippen molar-refractivity contribution in [2.24, 2.45) is 4.99 Å². The first kappa shape index (κ1) is 21.3. The lowest BCUT2D eigenvalue weighted by Crippen LogP contribution is -2.42. The summed E-state index contributed by atoms with van der Waals surface area (Å²) >= 11 is 0. The molecule has 0 bridgehead atoms. The Hall–Kier alpha value is -3.03. The number of amides is 1. The molecule has 0 aliphatic rings. The van der Waals surface area contributed by atoms with Crippen molar-refractivity contribution in [1.82, 2.24) is 15.5 Å². The molecule has 1 amide bonds. The van der Waals surface area contributed by atoms with E-state index in [2.05, 4.69) is 15.6 Å². The number of rotatable bonds is 6. The Labute approximate surface area is 162 Å². The van der Waals surface area contributed by atoms with Gasteiger partial charge in [-0.2, -0.15) is 13.2 Å². The van der Waals surface area contributed by atoms with E-state index in [-0.39, 0.29) is 19.0 Å². The number of aliphatic imine (C=N–C) groups is 1. The van der Waals surface area contributed by atoms with Gasteiger partial charge < -0.3 is 15.5 Å². The number of benzene rings is 2. The van der Waals surface area contributed by atoms with Gasteiger partial charge in [-0.25, -0.2) is 4.99 Å². The first-order valence-electron chi connectivity index (χ1n) is 8.68. The van der Waals surface area contributed by atoms with Crippen LogP contribution in [0.5, 0.6) is 0 Å². The predicted molar refractivity (Wildman–Crippen MR) is 103 cm³/mol. The summed E-state index contributed by atoms with van der Waals surface area (Å²) in [7, 11) is 3.31. The number of nitrogens with zero attached hydrogens (tertiary/aromatic N) is 2. The summed E-state index contributed by atoms with van der Waals surface area (Å²) in [5.41, 5.74) is 0.974. The lowest BCUT2D eigenvalue weighted by atomic mass is 10.1. The van der Waals surface area contributed by atoms with Crippen LogP contribution in [0.2, 0.25) is 0 Å². The van der Waals surface area contributed by atoms with E-state index in [9.17, 15) is 18.0 Å². The molecule has 2 rings (SSSR count). The van der Waals surface area contributed by atoms with Gasteiger partial charge >= 0.3 is 6.18 Å². The summed E-state index contributed by atoms with van der Waals surface area (Å²) in [6.07, 6.45) is -4.36. The van der Waals surface area contributed by atoms with Crippen molar-refractivity contribution < 1.29 is 18.0 Å². The second-order valence-corrected chi connectivity index (χ2v) is 6.34. The molecule has 0 aromatic heterocycles. The second kappa shape index (κ2) is 9.77. The quantitative estimate of drug-likeness (QED) is 0.587. The molecule has 0 unspecified atom stereocenters. The molecule has 0 saturated carbocycles. The van der Waals surface area contributed by atoms with E-state index in [1.165, 1.54) is 17.0 Å². The first-order chi connectivity index (χ1) is 13.3. The molecular formula is C20H23F3N4O. The van der Waals surface area contributed by atoms with E-state index in [1.54, 1.807) is 14.1 Å². The zero-order valence-corrected chi connectivity index (χ0v) is 15.8. The minimum Gasteiger partial charge on any atom is -0.352 e. The molecule has 0 aliphatic carbocycles. The molecular weight excluding hydrogens is 369 g/mol. The van der Waals surface area contributed by atoms with Crippen LogP contribution in [-0.4, -0.2) is 37.4 Å². The molecule has 0 fully saturated rings. The predicted octanol–water partition coefficient (Wildman–Crippen LogP) is 3.03. The third-order valence-corrected chi connectivity index (χ3v) is 3.91. The monoisotopic (exact) mass is 392 g/mol. The van der Waals surface area contributed by atoms with Crippen LogP contribution in [-0.2, 0) is 24.1 Å². The number of alkyl halides is 3. The standard InChI is InChI=1S/C20H23F3N4O/c1-27(2)18(28)14-26-19(24-12-15-6-4-3-5-7-15)25-13-16-8-10-17(11-9-16)20(21,22)23/h3-11H,12-14H2,1-2H3,(H2,24,25,26). The molecule has 2 N–H and O–H groups in total. The van der Waals surface area contributed by atoms with E-state index < -0.39 is 11.7 Å². The van der Waals surface area contributed by atoms with Crippen LogP contribution < -0.4 is 10.6 Å². The van der Waals surface area contributed by atoms with Gasteiger partial charge in [-0.3, -0.25) is 4.79 Å². The number of carbonyl (C=O) groups excluding carboxylic acids is 1. The topological polar surface area (TPSA) is 56.7 Å². The maximum Gasteiger partial charge on any atom is 0.416 e. The number of nitrogens with one attached hydrogen (secondary N) is 2. The van der Waals surface area contributed by atoms with Crippen molar-refractivity contribution >= 4 is 11.9 Å². The van der Waals surface area contributed by atoms with Crippen LogP contribution in [0.1, 0.15) is 16.7 Å². The Morgan fingerprint density at radius 3 is 2.18 bits per heavy atom. The van der Waals surface area contributed by atoms with Crippen molar-refractivity contribution in [3.8, 4) is 0 Å². The van der Waals surface area contributed by atoms with Gasteiger partial charge in [-0.1, -0.05) is 42.5 Å². The highest BCUT2D eigenvalue weighted by molar-refractivity contribution is 5.86. The minimum atomic E-state index is -4.36. The van der Waals surface area contributed by atoms with Gasteiger partial charge in [0.25, 0.3) is 0 Å². The lowest BCUT2D eigenvalue weighted by molar-refractivity contribution is -0.137. The molecule has 0 aliphatic heterocycles. The zero-order valence-electron chi connectivity index (χ0n) is 15.8. The Morgan fingerprint density at radius 1 is 0.964 bits per heavy atom. The van der Waals surface area contributed by atoms with Gasteiger partial charge in [-0.15, -0.1) is 0 Å². The highest BCUT2D eigenvalue weighted by Gasteiger charge is 2.29. The Balaban J connectivity index is 2.02. The minimum absolute atomic E-state index is 0.0562. The largest absolute Gasteiger partial charge is 0.416 e. The molecule has 8 heteroatoms. The number of hydrogen-bond donors (Lipinski definition) is 2. The Morgan fingerprint density at radius 2 is 1.61 bits per heavy atom. The second-order valence-electron chi connectivity index (χ2n) is 6.34. The van der Waals surface area contributed by atoms with Crippen molar-refractivity contribution in [2.75, 3.05) is 20.6 Å². The number of halogens is 3. The Bertz CT molecular complexity index is 787. The normalized spacial score (nSPS) is 11.8. The van der Waals surface area contributed by atoms with E-state index >= 15 is 0 Å². The van der Waals surface area contributed by atoms with Crippen molar-refractivity contribution in [2.45, 2.75) is 19.3 Å². The van der Waals surface area contributed by atoms with Crippen LogP contribution in [0.3, 0.4) is 0 Å². The molecule has 0 atom stereocenters. The molecule has 0 spiro atoms. The highest BCUT2D eigenvalue weighted by Crippen LogP contribution is 2.29. The molecule has 28 heavy (non-hydrogen) atoms. The number of likely N-dealkylation sites (N-methyl/N-ethyl adjacent to an activating group) is 1. The lowest BCUT2D eigenvalue weighted by Gasteiger charge is -2.15. The van der Waals surface area contributed by atoms with Crippen molar-refractivity contribution in [3.63, 3.8) is 0 Å². The van der Waals surface area contributed by atoms with Crippen LogP contribution in [0.4, 0.5) is 13.2 Å². The summed E-state index contributed by atoms with van der Waals surface area (Å²) in [5.74, 6) is 0.280. The fraction of sp³-hybridized carbons (Fsp3) is 0.300. The molecule has 5 nitrogen and oxygen atoms in total. The summed E-state index contributed by atoms with van der Waals surface area (Å²) in [5, 5.41) is 5.99. The van der Waals surface area contributed by atoms with E-state index in [0.717, 1.165) is 17.7 Å². The molecule has 0 heterocycles. The fourth-order valence-electron chi connectivity index (χ4n) is 2.24. The maximum atomic E-state index is 12.7. The summed E-state index contributed by atoms with van der Waals surface area (Å²) in [4.78, 5) is 17.7. The molecule has 2 aromatic rings. The van der Waals surface area contributed by atoms with Crippen molar-refractivity contribution in [1.29, 1.82) is 0 Å². The van der Waals surface area contributed by atoms with Crippen LogP contribution >= 0.6 is 0 Å². The van der Waals surface area contributed by atoms with Crippen LogP contribution in [0, 0.1) is 0 Å². The van der Waals surface area contributed by atoms with Crippen LogP contribution in [0.15, 0.2) is 59.6 Å². The van der Waals surface area contributed by atoms with Crippen LogP contribution in [0.25, 0.3) is 0 Å². The van der Waals surface area contributed by atoms with Gasteiger partial charge in [0.05, 0.1) is 18.7 Å². The molecule has 0 saturated heterocycles. The third kappa shape index (κ3) is 6.94. The third-order valence-electron chi connectivity index (χ3n) is 3.91. The summed E-state index contributed by atoms with van der Waals surface area (Å²) in [6, 6.07) is 14.5. The average molecular weight is 392 g/mol. The molecule has 2 aromatic carbocycles. The van der Waals surface area contributed by atoms with E-state index in [1.807, 2.05) is 30.3 Å². The summed E-state index contributed by atoms with van der Waals surface area (Å²) in [6.45, 7) is 0.731. The number of carbonyl (C=O) groups is 1. The van der Waals surface area contributed by atoms with Gasteiger partial charge in [0.2, 0.25) is 5.91 Å². The SMILES string of the molecule is CN(C)C(=O)CNC(=NCc1ccccc1)NCc1ccc(C(F)(F)F)cc1. The number of hydrogen-bond acceptors (Lipinski definition) is 2. The zero-order chi connectivity index (χ0) is 20.6. The fourth-order valence-corrected chi connectivity index (χ4v) is 2.24. The first-order valence-corrected chi connectivity index (χ1v) is 8.68. The molecule has 0 radical (unpaired) electrons. The summed E-state index contributed by atoms with van der Waals surface area (Å²) < 4.78 is 38.0. The van der Waals surface area contributed by atoms with E-state index in [0.29, 0.717) is 18.1 Å². The Kier molecular flexibility index (Phi) is 7.43. The van der Waals surface area contributed by atoms with E-state index in [4.69, 9.17) is 0 Å².